The Labute approximate surface area is 179 Å². The highest BCUT2D eigenvalue weighted by atomic mass is 35.5. The zero-order valence-corrected chi connectivity index (χ0v) is 17.6. The summed E-state index contributed by atoms with van der Waals surface area (Å²) >= 11 is 8.22. The normalized spacial score (nSPS) is 15.8. The maximum atomic E-state index is 6.47. The van der Waals surface area contributed by atoms with Gasteiger partial charge in [0, 0.05) is 46.1 Å². The van der Waals surface area contributed by atoms with Gasteiger partial charge in [0.15, 0.2) is 5.75 Å². The van der Waals surface area contributed by atoms with Crippen molar-refractivity contribution in [3.05, 3.63) is 58.4 Å². The summed E-state index contributed by atoms with van der Waals surface area (Å²) in [5, 5.41) is 0.627. The van der Waals surface area contributed by atoms with Gasteiger partial charge in [0.2, 0.25) is 0 Å². The molecule has 150 valence electrons. The predicted octanol–water partition coefficient (Wildman–Crippen LogP) is 5.69. The third kappa shape index (κ3) is 3.93. The number of benzene rings is 2. The van der Waals surface area contributed by atoms with Gasteiger partial charge in [-0.1, -0.05) is 35.9 Å². The first-order valence-corrected chi connectivity index (χ1v) is 11.1. The molecule has 0 atom stereocenters. The van der Waals surface area contributed by atoms with Crippen molar-refractivity contribution in [3.8, 4) is 33.1 Å². The Hall–Kier alpha value is -1.89. The van der Waals surface area contributed by atoms with Crippen LogP contribution in [-0.2, 0) is 16.1 Å². The van der Waals surface area contributed by atoms with Crippen molar-refractivity contribution < 1.29 is 14.2 Å². The summed E-state index contributed by atoms with van der Waals surface area (Å²) in [6.07, 6.45) is 0. The number of rotatable bonds is 5. The van der Waals surface area contributed by atoms with Crippen LogP contribution in [0.15, 0.2) is 48.5 Å². The number of para-hydroxylation sites is 2. The fourth-order valence-electron chi connectivity index (χ4n) is 3.78. The van der Waals surface area contributed by atoms with Gasteiger partial charge in [0.25, 0.3) is 0 Å². The third-order valence-corrected chi connectivity index (χ3v) is 6.72. The quantitative estimate of drug-likeness (QED) is 0.383. The van der Waals surface area contributed by atoms with Gasteiger partial charge in [-0.2, -0.15) is 0 Å². The molecular formula is C23H22ClNO3S. The standard InChI is InChI=1S/C23H22ClNO3S/c24-20-6-3-5-18-22(20)28-21-7-2-1-4-17(21)19-14-16(29-23(18)19)15-27-13-10-25-8-11-26-12-9-25/h1-7,14H,8-13,15H2. The average Bonchev–Trinajstić information content (AvgIpc) is 3.12. The molecule has 5 rings (SSSR count). The smallest absolute Gasteiger partial charge is 0.154 e. The van der Waals surface area contributed by atoms with Gasteiger partial charge in [0.1, 0.15) is 5.75 Å². The van der Waals surface area contributed by atoms with Gasteiger partial charge < -0.3 is 14.2 Å². The zero-order chi connectivity index (χ0) is 19.6. The molecule has 0 saturated carbocycles. The fraction of sp³-hybridized carbons (Fsp3) is 0.304. The lowest BCUT2D eigenvalue weighted by molar-refractivity contribution is 0.0183. The molecule has 6 heteroatoms. The molecule has 4 nitrogen and oxygen atoms in total. The minimum Gasteiger partial charge on any atom is -0.454 e. The molecule has 3 aromatic rings. The second-order valence-corrected chi connectivity index (χ2v) is 8.72. The lowest BCUT2D eigenvalue weighted by atomic mass is 10.0. The Morgan fingerprint density at radius 3 is 2.72 bits per heavy atom. The Morgan fingerprint density at radius 2 is 1.83 bits per heavy atom. The lowest BCUT2D eigenvalue weighted by Gasteiger charge is -2.26. The first-order valence-electron chi connectivity index (χ1n) is 9.86. The highest BCUT2D eigenvalue weighted by Gasteiger charge is 2.24. The summed E-state index contributed by atoms with van der Waals surface area (Å²) in [6, 6.07) is 16.3. The predicted molar refractivity (Wildman–Crippen MR) is 117 cm³/mol. The molecule has 1 aromatic heterocycles. The molecule has 0 N–H and O–H groups in total. The molecule has 3 heterocycles. The summed E-state index contributed by atoms with van der Waals surface area (Å²) in [7, 11) is 0. The van der Waals surface area contributed by atoms with Crippen LogP contribution < -0.4 is 4.74 Å². The van der Waals surface area contributed by atoms with Crippen molar-refractivity contribution in [2.24, 2.45) is 0 Å². The van der Waals surface area contributed by atoms with E-state index in [9.17, 15) is 0 Å². The molecule has 29 heavy (non-hydrogen) atoms. The fourth-order valence-corrected chi connectivity index (χ4v) is 5.13. The van der Waals surface area contributed by atoms with Crippen LogP contribution in [0.5, 0.6) is 11.5 Å². The van der Waals surface area contributed by atoms with E-state index in [0.29, 0.717) is 11.6 Å². The van der Waals surface area contributed by atoms with Crippen LogP contribution in [0, 0.1) is 0 Å². The zero-order valence-electron chi connectivity index (χ0n) is 16.0. The number of fused-ring (bicyclic) bond motifs is 5. The van der Waals surface area contributed by atoms with E-state index >= 15 is 0 Å². The maximum Gasteiger partial charge on any atom is 0.154 e. The molecule has 2 aliphatic rings. The van der Waals surface area contributed by atoms with Crippen LogP contribution in [0.25, 0.3) is 21.6 Å². The van der Waals surface area contributed by atoms with Crippen molar-refractivity contribution in [2.45, 2.75) is 6.61 Å². The van der Waals surface area contributed by atoms with E-state index in [0.717, 1.165) is 62.1 Å². The van der Waals surface area contributed by atoms with Crippen LogP contribution in [0.3, 0.4) is 0 Å². The minimum atomic E-state index is 0.612. The molecule has 0 bridgehead atoms. The first-order chi connectivity index (χ1) is 14.3. The van der Waals surface area contributed by atoms with Crippen molar-refractivity contribution in [3.63, 3.8) is 0 Å². The van der Waals surface area contributed by atoms with Crippen molar-refractivity contribution in [1.82, 2.24) is 4.90 Å². The van der Waals surface area contributed by atoms with Crippen LogP contribution in [-0.4, -0.2) is 44.4 Å². The van der Waals surface area contributed by atoms with E-state index in [1.165, 1.54) is 15.3 Å². The van der Waals surface area contributed by atoms with E-state index in [2.05, 4.69) is 23.1 Å². The Morgan fingerprint density at radius 1 is 1.00 bits per heavy atom. The van der Waals surface area contributed by atoms with E-state index < -0.39 is 0 Å². The average molecular weight is 428 g/mol. The number of halogens is 1. The Kier molecular flexibility index (Phi) is 5.57. The highest BCUT2D eigenvalue weighted by molar-refractivity contribution is 7.16. The number of ether oxygens (including phenoxy) is 3. The molecule has 1 fully saturated rings. The van der Waals surface area contributed by atoms with E-state index in [1.807, 2.05) is 30.3 Å². The first kappa shape index (κ1) is 19.1. The third-order valence-electron chi connectivity index (χ3n) is 5.28. The number of hydrogen-bond donors (Lipinski definition) is 0. The highest BCUT2D eigenvalue weighted by Crippen LogP contribution is 2.52. The molecular weight excluding hydrogens is 406 g/mol. The maximum absolute atomic E-state index is 6.47. The van der Waals surface area contributed by atoms with E-state index in [-0.39, 0.29) is 0 Å². The van der Waals surface area contributed by atoms with Crippen LogP contribution in [0.1, 0.15) is 4.88 Å². The monoisotopic (exact) mass is 427 g/mol. The number of morpholine rings is 1. The summed E-state index contributed by atoms with van der Waals surface area (Å²) in [6.45, 7) is 5.91. The molecule has 2 aliphatic heterocycles. The molecule has 0 spiro atoms. The summed E-state index contributed by atoms with van der Waals surface area (Å²) in [5.74, 6) is 1.56. The topological polar surface area (TPSA) is 30.9 Å². The van der Waals surface area contributed by atoms with Gasteiger partial charge in [-0.15, -0.1) is 11.3 Å². The SMILES string of the molecule is Clc1cccc2c1Oc1ccccc1-c1cc(COCCN3CCOCC3)sc1-2. The van der Waals surface area contributed by atoms with E-state index in [4.69, 9.17) is 25.8 Å². The number of thiophene rings is 1. The van der Waals surface area contributed by atoms with Crippen molar-refractivity contribution in [2.75, 3.05) is 39.5 Å². The summed E-state index contributed by atoms with van der Waals surface area (Å²) in [5.41, 5.74) is 3.30. The molecule has 0 amide bonds. The Bertz CT molecular complexity index is 1010. The molecule has 0 radical (unpaired) electrons. The van der Waals surface area contributed by atoms with Gasteiger partial charge in [-0.05, 0) is 24.3 Å². The molecule has 0 aliphatic carbocycles. The number of hydrogen-bond acceptors (Lipinski definition) is 5. The lowest BCUT2D eigenvalue weighted by Crippen LogP contribution is -2.38. The van der Waals surface area contributed by atoms with Crippen molar-refractivity contribution >= 4 is 22.9 Å². The van der Waals surface area contributed by atoms with Gasteiger partial charge in [-0.3, -0.25) is 4.90 Å². The second kappa shape index (κ2) is 8.46. The minimum absolute atomic E-state index is 0.612. The van der Waals surface area contributed by atoms with Crippen LogP contribution in [0.4, 0.5) is 0 Å². The number of nitrogens with zero attached hydrogens (tertiary/aromatic N) is 1. The van der Waals surface area contributed by atoms with Gasteiger partial charge >= 0.3 is 0 Å². The molecule has 2 aromatic carbocycles. The van der Waals surface area contributed by atoms with Crippen LogP contribution in [0.2, 0.25) is 5.02 Å². The van der Waals surface area contributed by atoms with Crippen molar-refractivity contribution in [1.29, 1.82) is 0 Å². The second-order valence-electron chi connectivity index (χ2n) is 7.18. The van der Waals surface area contributed by atoms with Gasteiger partial charge in [0.05, 0.1) is 31.5 Å². The van der Waals surface area contributed by atoms with Gasteiger partial charge in [-0.25, -0.2) is 0 Å². The molecule has 1 saturated heterocycles. The largest absolute Gasteiger partial charge is 0.454 e. The molecule has 0 unspecified atom stereocenters. The summed E-state index contributed by atoms with van der Waals surface area (Å²) < 4.78 is 17.6. The Balaban J connectivity index is 1.39. The van der Waals surface area contributed by atoms with E-state index in [1.54, 1.807) is 11.3 Å². The summed E-state index contributed by atoms with van der Waals surface area (Å²) in [4.78, 5) is 4.78. The van der Waals surface area contributed by atoms with Crippen LogP contribution >= 0.6 is 22.9 Å².